The van der Waals surface area contributed by atoms with E-state index in [1.165, 1.54) is 0 Å². The van der Waals surface area contributed by atoms with E-state index in [9.17, 15) is 0 Å². The van der Waals surface area contributed by atoms with Crippen molar-refractivity contribution in [2.24, 2.45) is 0 Å². The van der Waals surface area contributed by atoms with Gasteiger partial charge in [-0.05, 0) is 6.07 Å². The molecule has 0 amide bonds. The van der Waals surface area contributed by atoms with Crippen LogP contribution in [0.1, 0.15) is 5.56 Å². The van der Waals surface area contributed by atoms with Crippen LogP contribution in [0.4, 0.5) is 0 Å². The van der Waals surface area contributed by atoms with Crippen molar-refractivity contribution in [1.29, 1.82) is 0 Å². The van der Waals surface area contributed by atoms with Gasteiger partial charge in [0.25, 0.3) is 0 Å². The van der Waals surface area contributed by atoms with Crippen LogP contribution in [0.15, 0.2) is 24.4 Å². The molecule has 0 spiro atoms. The summed E-state index contributed by atoms with van der Waals surface area (Å²) in [4.78, 5) is 3.02. The lowest BCUT2D eigenvalue weighted by Gasteiger charge is -1.93. The average molecular weight is 182 g/mol. The zero-order valence-electron chi connectivity index (χ0n) is 6.34. The van der Waals surface area contributed by atoms with Crippen molar-refractivity contribution in [1.82, 2.24) is 4.98 Å². The lowest BCUT2D eigenvalue weighted by Crippen LogP contribution is -1.77. The number of nitrogens with one attached hydrogen (secondary N) is 1. The summed E-state index contributed by atoms with van der Waals surface area (Å²) in [5.41, 5.74) is 1.77. The van der Waals surface area contributed by atoms with Gasteiger partial charge in [-0.3, -0.25) is 0 Å². The van der Waals surface area contributed by atoms with E-state index in [0.29, 0.717) is 5.02 Å². The molecule has 2 N–H and O–H groups in total. The Bertz CT molecular complexity index is 408. The maximum absolute atomic E-state index is 8.95. The second-order valence-electron chi connectivity index (χ2n) is 2.63. The van der Waals surface area contributed by atoms with Gasteiger partial charge in [0.15, 0.2) is 0 Å². The molecule has 0 radical (unpaired) electrons. The number of rotatable bonds is 1. The van der Waals surface area contributed by atoms with Crippen LogP contribution in [0.5, 0.6) is 0 Å². The van der Waals surface area contributed by atoms with E-state index in [2.05, 4.69) is 4.98 Å². The minimum Gasteiger partial charge on any atom is -0.392 e. The van der Waals surface area contributed by atoms with Crippen LogP contribution >= 0.6 is 11.6 Å². The molecule has 0 aliphatic heterocycles. The predicted octanol–water partition coefficient (Wildman–Crippen LogP) is 2.31. The molecule has 1 aromatic carbocycles. The summed E-state index contributed by atoms with van der Waals surface area (Å²) >= 11 is 5.91. The van der Waals surface area contributed by atoms with Gasteiger partial charge in [0, 0.05) is 17.1 Å². The Kier molecular flexibility index (Phi) is 1.79. The first-order valence-electron chi connectivity index (χ1n) is 3.68. The summed E-state index contributed by atoms with van der Waals surface area (Å²) in [6, 6.07) is 5.63. The van der Waals surface area contributed by atoms with Gasteiger partial charge in [-0.15, -0.1) is 0 Å². The first-order chi connectivity index (χ1) is 5.83. The van der Waals surface area contributed by atoms with Gasteiger partial charge in [-0.1, -0.05) is 23.7 Å². The Morgan fingerprint density at radius 2 is 2.25 bits per heavy atom. The summed E-state index contributed by atoms with van der Waals surface area (Å²) in [7, 11) is 0. The minimum atomic E-state index is 0.0420. The van der Waals surface area contributed by atoms with E-state index < -0.39 is 0 Å². The van der Waals surface area contributed by atoms with Crippen LogP contribution in [0, 0.1) is 0 Å². The molecule has 2 aromatic rings. The third-order valence-electron chi connectivity index (χ3n) is 1.92. The summed E-state index contributed by atoms with van der Waals surface area (Å²) in [5.74, 6) is 0. The molecule has 2 nitrogen and oxygen atoms in total. The highest BCUT2D eigenvalue weighted by atomic mass is 35.5. The Morgan fingerprint density at radius 3 is 3.00 bits per heavy atom. The Labute approximate surface area is 74.8 Å². The standard InChI is InChI=1S/C9H8ClNO/c10-8-3-1-2-7-6(5-12)4-11-9(7)8/h1-4,11-12H,5H2. The first kappa shape index (κ1) is 7.65. The highest BCUT2D eigenvalue weighted by molar-refractivity contribution is 6.35. The lowest BCUT2D eigenvalue weighted by molar-refractivity contribution is 0.283. The van der Waals surface area contributed by atoms with E-state index in [1.54, 1.807) is 6.20 Å². The molecule has 3 heteroatoms. The molecule has 1 heterocycles. The molecule has 0 fully saturated rings. The number of aliphatic hydroxyl groups is 1. The number of para-hydroxylation sites is 1. The predicted molar refractivity (Wildman–Crippen MR) is 49.2 cm³/mol. The second kappa shape index (κ2) is 2.81. The van der Waals surface area contributed by atoms with Crippen LogP contribution in [0.3, 0.4) is 0 Å². The topological polar surface area (TPSA) is 36.0 Å². The fourth-order valence-electron chi connectivity index (χ4n) is 1.31. The molecule has 0 saturated carbocycles. The van der Waals surface area contributed by atoms with Crippen LogP contribution in [0.2, 0.25) is 5.02 Å². The van der Waals surface area contributed by atoms with Gasteiger partial charge in [-0.2, -0.15) is 0 Å². The summed E-state index contributed by atoms with van der Waals surface area (Å²) in [6.07, 6.45) is 1.77. The van der Waals surface area contributed by atoms with Crippen molar-refractivity contribution >= 4 is 22.5 Å². The molecule has 2 rings (SSSR count). The number of fused-ring (bicyclic) bond motifs is 1. The van der Waals surface area contributed by atoms with Gasteiger partial charge in [0.2, 0.25) is 0 Å². The number of aromatic nitrogens is 1. The molecular formula is C9H8ClNO. The highest BCUT2D eigenvalue weighted by Gasteiger charge is 2.03. The smallest absolute Gasteiger partial charge is 0.0702 e. The zero-order valence-corrected chi connectivity index (χ0v) is 7.10. The SMILES string of the molecule is OCc1c[nH]c2c(Cl)cccc12. The second-order valence-corrected chi connectivity index (χ2v) is 3.04. The van der Waals surface area contributed by atoms with Gasteiger partial charge in [-0.25, -0.2) is 0 Å². The van der Waals surface area contributed by atoms with E-state index in [0.717, 1.165) is 16.5 Å². The molecule has 12 heavy (non-hydrogen) atoms. The van der Waals surface area contributed by atoms with E-state index >= 15 is 0 Å². The van der Waals surface area contributed by atoms with Gasteiger partial charge in [0.1, 0.15) is 0 Å². The van der Waals surface area contributed by atoms with E-state index in [4.69, 9.17) is 16.7 Å². The molecule has 0 saturated heterocycles. The van der Waals surface area contributed by atoms with Crippen molar-refractivity contribution in [2.45, 2.75) is 6.61 Å². The van der Waals surface area contributed by atoms with Crippen molar-refractivity contribution < 1.29 is 5.11 Å². The third-order valence-corrected chi connectivity index (χ3v) is 2.24. The number of aliphatic hydroxyl groups excluding tert-OH is 1. The Morgan fingerprint density at radius 1 is 1.42 bits per heavy atom. The van der Waals surface area contributed by atoms with Gasteiger partial charge >= 0.3 is 0 Å². The van der Waals surface area contributed by atoms with E-state index in [-0.39, 0.29) is 6.61 Å². The quantitative estimate of drug-likeness (QED) is 0.696. The minimum absolute atomic E-state index is 0.0420. The molecule has 0 bridgehead atoms. The van der Waals surface area contributed by atoms with Crippen molar-refractivity contribution in [2.75, 3.05) is 0 Å². The fourth-order valence-corrected chi connectivity index (χ4v) is 1.54. The molecule has 0 unspecified atom stereocenters. The van der Waals surface area contributed by atoms with Crippen LogP contribution in [-0.2, 0) is 6.61 Å². The van der Waals surface area contributed by atoms with Crippen molar-refractivity contribution in [3.8, 4) is 0 Å². The summed E-state index contributed by atoms with van der Waals surface area (Å²) in [6.45, 7) is 0.0420. The largest absolute Gasteiger partial charge is 0.392 e. The highest BCUT2D eigenvalue weighted by Crippen LogP contribution is 2.24. The molecule has 0 aliphatic rings. The maximum atomic E-state index is 8.95. The van der Waals surface area contributed by atoms with Crippen molar-refractivity contribution in [3.63, 3.8) is 0 Å². The molecule has 0 atom stereocenters. The Balaban J connectivity index is 2.80. The van der Waals surface area contributed by atoms with Crippen LogP contribution in [0.25, 0.3) is 10.9 Å². The van der Waals surface area contributed by atoms with Crippen molar-refractivity contribution in [3.05, 3.63) is 35.0 Å². The fraction of sp³-hybridized carbons (Fsp3) is 0.111. The lowest BCUT2D eigenvalue weighted by atomic mass is 10.2. The number of hydrogen-bond acceptors (Lipinski definition) is 1. The molecule has 62 valence electrons. The van der Waals surface area contributed by atoms with Gasteiger partial charge < -0.3 is 10.1 Å². The summed E-state index contributed by atoms with van der Waals surface area (Å²) in [5, 5.41) is 10.6. The zero-order chi connectivity index (χ0) is 8.55. The number of halogens is 1. The van der Waals surface area contributed by atoms with Crippen LogP contribution < -0.4 is 0 Å². The monoisotopic (exact) mass is 181 g/mol. The van der Waals surface area contributed by atoms with Crippen LogP contribution in [-0.4, -0.2) is 10.1 Å². The Hall–Kier alpha value is -0.990. The normalized spacial score (nSPS) is 10.8. The first-order valence-corrected chi connectivity index (χ1v) is 4.06. The maximum Gasteiger partial charge on any atom is 0.0702 e. The summed E-state index contributed by atoms with van der Waals surface area (Å²) < 4.78 is 0. The number of H-pyrrole nitrogens is 1. The number of benzene rings is 1. The molecule has 1 aromatic heterocycles. The van der Waals surface area contributed by atoms with E-state index in [1.807, 2.05) is 18.2 Å². The third kappa shape index (κ3) is 1.00. The number of hydrogen-bond donors (Lipinski definition) is 2. The van der Waals surface area contributed by atoms with Gasteiger partial charge in [0.05, 0.1) is 17.1 Å². The average Bonchev–Trinajstić information content (AvgIpc) is 2.49. The molecular weight excluding hydrogens is 174 g/mol. The number of aromatic amines is 1. The molecule has 0 aliphatic carbocycles.